The van der Waals surface area contributed by atoms with Gasteiger partial charge in [0.1, 0.15) is 96.9 Å². The molecule has 44 nitrogen and oxygen atoms in total. The monoisotopic (exact) mass is 1910 g/mol. The minimum absolute atomic E-state index is 0.0240. The van der Waals surface area contributed by atoms with Gasteiger partial charge in [-0.25, -0.2) is 0 Å². The number of piperidine rings is 1. The van der Waals surface area contributed by atoms with E-state index in [0.717, 1.165) is 31.4 Å². The number of benzene rings is 3. The number of carboxylic acids is 1. The van der Waals surface area contributed by atoms with E-state index in [4.69, 9.17) is 17.2 Å². The van der Waals surface area contributed by atoms with E-state index in [1.54, 1.807) is 62.4 Å². The van der Waals surface area contributed by atoms with Crippen molar-refractivity contribution >= 4 is 146 Å². The summed E-state index contributed by atoms with van der Waals surface area (Å²) in [4.78, 5) is 283. The number of hydrogen-bond donors (Lipinski definition) is 19. The van der Waals surface area contributed by atoms with Crippen molar-refractivity contribution in [3.8, 4) is 5.75 Å². The molecule has 0 spiro atoms. The molecule has 3 aromatic carbocycles. The average Bonchev–Trinajstić information content (AvgIpc) is 1.69. The van der Waals surface area contributed by atoms with Gasteiger partial charge in [-0.2, -0.15) is 0 Å². The van der Waals surface area contributed by atoms with Crippen molar-refractivity contribution in [2.75, 3.05) is 65.0 Å². The first kappa shape index (κ1) is 106. The molecule has 2 aromatic heterocycles. The second-order valence-corrected chi connectivity index (χ2v) is 36.2. The van der Waals surface area contributed by atoms with Crippen molar-refractivity contribution < 1.29 is 117 Å². The molecule has 0 aliphatic carbocycles. The van der Waals surface area contributed by atoms with Crippen LogP contribution >= 0.6 is 11.8 Å². The number of carbonyl (C=O) groups is 19. The van der Waals surface area contributed by atoms with Gasteiger partial charge in [0.25, 0.3) is 0 Å². The van der Waals surface area contributed by atoms with Crippen LogP contribution in [0.3, 0.4) is 0 Å². The zero-order valence-corrected chi connectivity index (χ0v) is 77.8. The number of unbranched alkanes of at least 4 members (excludes halogenated alkanes) is 2. The highest BCUT2D eigenvalue weighted by Crippen LogP contribution is 2.30. The summed E-state index contributed by atoms with van der Waals surface area (Å²) in [6.45, 7) is 2.57. The minimum atomic E-state index is -2.00. The molecular weight excluding hydrogens is 1790 g/mol. The molecule has 4 fully saturated rings. The van der Waals surface area contributed by atoms with Gasteiger partial charge in [0.15, 0.2) is 0 Å². The van der Waals surface area contributed by atoms with Crippen LogP contribution in [0.25, 0.3) is 21.8 Å². The Morgan fingerprint density at radius 3 is 1.68 bits per heavy atom. The first-order valence-electron chi connectivity index (χ1n) is 45.6. The van der Waals surface area contributed by atoms with Crippen molar-refractivity contribution in [3.63, 3.8) is 0 Å². The minimum Gasteiger partial charge on any atom is -0.508 e. The van der Waals surface area contributed by atoms with Crippen LogP contribution in [0.15, 0.2) is 85.2 Å². The Morgan fingerprint density at radius 1 is 0.522 bits per heavy atom. The smallest absolute Gasteiger partial charge is 0.323 e. The number of likely N-dealkylation sites (N-methyl/N-ethyl adjacent to an activating group) is 2. The standard InChI is InChI=1S/C91H126N20O24S/c1-7-9-21-68-83(127)99-59(34-49(3)4)79(123)105-66(78(122)96-41-75(94)118)47-136-48-76(119)97-61(35-50-26-28-53(114)29-27-50)89(133)109-32-16-15-24-69(109)84(128)102-63(39-74(93)117)90(134)110-33-17-25-70(110)85(129)104-65(46-113)81(125)98-58(30-31-73(92)116)88(132)111-43-54(115)38-72(111)86(130)100-60(36-51-40-95-57-20-13-11-18-55(51)57)80(124)103-64(45-112)82(126)101-62(87(131)107(6)71(22-10-8-2)91(135)106(68)5)37-52-42-108(44-77(120)121)67-23-14-12-19-56(52)67/h11-14,18-20,23,26-29,40,42,49,54,58-66,68-72,95,112-115H,7-10,15-17,21-22,24-25,30-39,41,43-48H2,1-6H3,(H2,92,116)(H2,93,117)(H2,94,118)(H,96,122)(H,97,119)(H,98,125)(H,99,127)(H,100,130)(H,101,126)(H,102,128)(H,103,124)(H,104,129)(H,105,123)(H,120,121)/t54-,58+,59+,60+,61+,62+,63+,64+,65+,66+,68+,69+,70+,71+,72+/m1/s1. The number of aromatic nitrogens is 2. The number of para-hydroxylation sites is 2. The molecule has 9 rings (SSSR count). The summed E-state index contributed by atoms with van der Waals surface area (Å²) in [7, 11) is 2.61. The van der Waals surface area contributed by atoms with Crippen LogP contribution in [0.4, 0.5) is 0 Å². The summed E-state index contributed by atoms with van der Waals surface area (Å²) in [5, 5.41) is 80.4. The molecule has 18 amide bonds. The van der Waals surface area contributed by atoms with E-state index >= 15 is 38.4 Å². The molecule has 4 aliphatic heterocycles. The number of aromatic amines is 1. The normalized spacial score (nSPS) is 25.2. The Balaban J connectivity index is 1.11. The van der Waals surface area contributed by atoms with E-state index in [9.17, 15) is 78.3 Å². The van der Waals surface area contributed by atoms with E-state index in [2.05, 4.69) is 58.2 Å². The topological polar surface area (TPSA) is 661 Å². The fraction of sp³-hybridized carbons (Fsp3) is 0.549. The molecule has 4 saturated heterocycles. The summed E-state index contributed by atoms with van der Waals surface area (Å²) >= 11 is 0.782. The number of aromatic hydroxyl groups is 1. The first-order chi connectivity index (χ1) is 64.7. The second kappa shape index (κ2) is 50.3. The van der Waals surface area contributed by atoms with Crippen LogP contribution in [-0.4, -0.2) is 328 Å². The molecule has 0 saturated carbocycles. The predicted molar refractivity (Wildman–Crippen MR) is 492 cm³/mol. The molecule has 6 heterocycles. The van der Waals surface area contributed by atoms with E-state index in [1.807, 2.05) is 13.8 Å². The van der Waals surface area contributed by atoms with Crippen LogP contribution in [0.5, 0.6) is 5.75 Å². The van der Waals surface area contributed by atoms with Gasteiger partial charge in [0.05, 0.1) is 38.0 Å². The summed E-state index contributed by atoms with van der Waals surface area (Å²) in [5.74, 6) is -20.8. The Labute approximate surface area is 788 Å². The van der Waals surface area contributed by atoms with Gasteiger partial charge in [-0.15, -0.1) is 11.8 Å². The number of phenols is 1. The Bertz CT molecular complexity index is 5190. The van der Waals surface area contributed by atoms with Crippen LogP contribution in [0, 0.1) is 5.92 Å². The highest BCUT2D eigenvalue weighted by molar-refractivity contribution is 8.00. The molecule has 0 bridgehead atoms. The Morgan fingerprint density at radius 2 is 1.05 bits per heavy atom. The second-order valence-electron chi connectivity index (χ2n) is 35.2. The summed E-state index contributed by atoms with van der Waals surface area (Å²) in [6, 6.07) is -4.13. The molecule has 45 heteroatoms. The number of aliphatic hydroxyl groups excluding tert-OH is 3. The quantitative estimate of drug-likeness (QED) is 0.0252. The lowest BCUT2D eigenvalue weighted by Crippen LogP contribution is -2.62. The Hall–Kier alpha value is -13.3. The summed E-state index contributed by atoms with van der Waals surface area (Å²) in [5.41, 5.74) is 18.8. The van der Waals surface area contributed by atoms with Gasteiger partial charge in [-0.3, -0.25) is 91.1 Å². The number of hydrogen-bond acceptors (Lipinski definition) is 24. The molecule has 22 N–H and O–H groups in total. The zero-order valence-electron chi connectivity index (χ0n) is 76.9. The lowest BCUT2D eigenvalue weighted by atomic mass is 9.97. The van der Waals surface area contributed by atoms with Crippen LogP contribution in [-0.2, 0) is 117 Å². The van der Waals surface area contributed by atoms with Crippen molar-refractivity contribution in [1.82, 2.24) is 87.2 Å². The number of H-pyrrole nitrogens is 1. The number of primary amides is 3. The number of amides is 18. The van der Waals surface area contributed by atoms with Crippen LogP contribution < -0.4 is 70.4 Å². The number of nitrogens with one attached hydrogen (secondary N) is 11. The van der Waals surface area contributed by atoms with E-state index < -0.39 is 286 Å². The first-order valence-corrected chi connectivity index (χ1v) is 46.8. The number of aliphatic carboxylic acids is 1. The zero-order chi connectivity index (χ0) is 99.5. The van der Waals surface area contributed by atoms with E-state index in [0.29, 0.717) is 70.6 Å². The van der Waals surface area contributed by atoms with E-state index in [1.165, 1.54) is 60.2 Å². The van der Waals surface area contributed by atoms with Crippen LogP contribution in [0.1, 0.15) is 147 Å². The number of fused-ring (bicyclic) bond motifs is 5. The van der Waals surface area contributed by atoms with Gasteiger partial charge in [0, 0.05) is 106 Å². The molecule has 15 atom stereocenters. The summed E-state index contributed by atoms with van der Waals surface area (Å²) in [6.07, 6.45) is -0.157. The molecule has 136 heavy (non-hydrogen) atoms. The van der Waals surface area contributed by atoms with Crippen LogP contribution in [0.2, 0.25) is 0 Å². The fourth-order valence-corrected chi connectivity index (χ4v) is 18.3. The molecule has 740 valence electrons. The summed E-state index contributed by atoms with van der Waals surface area (Å²) < 4.78 is 1.40. The van der Waals surface area contributed by atoms with Crippen molar-refractivity contribution in [3.05, 3.63) is 102 Å². The number of aliphatic hydroxyl groups is 3. The lowest BCUT2D eigenvalue weighted by Gasteiger charge is -2.38. The third-order valence-electron chi connectivity index (χ3n) is 24.5. The van der Waals surface area contributed by atoms with Gasteiger partial charge < -0.3 is 130 Å². The lowest BCUT2D eigenvalue weighted by molar-refractivity contribution is -0.149. The highest BCUT2D eigenvalue weighted by Gasteiger charge is 2.47. The van der Waals surface area contributed by atoms with Gasteiger partial charge in [-0.05, 0) is 105 Å². The molecule has 5 aromatic rings. The number of rotatable bonds is 26. The fourth-order valence-electron chi connectivity index (χ4n) is 17.4. The molecular formula is C91H126N20O24S. The third kappa shape index (κ3) is 28.9. The average molecular weight is 1920 g/mol. The van der Waals surface area contributed by atoms with Gasteiger partial charge >= 0.3 is 5.97 Å². The molecule has 4 aliphatic rings. The van der Waals surface area contributed by atoms with Gasteiger partial charge in [-0.1, -0.05) is 102 Å². The van der Waals surface area contributed by atoms with Crippen molar-refractivity contribution in [2.45, 2.75) is 247 Å². The third-order valence-corrected chi connectivity index (χ3v) is 25.5. The maximum Gasteiger partial charge on any atom is 0.323 e. The molecule has 0 unspecified atom stereocenters. The number of nitrogens with zero attached hydrogens (tertiary/aromatic N) is 6. The highest BCUT2D eigenvalue weighted by atomic mass is 32.2. The number of nitrogens with two attached hydrogens (primary N) is 3. The number of carboxylic acid groups (broad SMARTS) is 1. The largest absolute Gasteiger partial charge is 0.508 e. The van der Waals surface area contributed by atoms with Crippen molar-refractivity contribution in [2.24, 2.45) is 23.1 Å². The van der Waals surface area contributed by atoms with Gasteiger partial charge in [0.2, 0.25) is 106 Å². The number of phenolic OH excluding ortho intramolecular Hbond substituents is 1. The van der Waals surface area contributed by atoms with E-state index in [-0.39, 0.29) is 76.1 Å². The maximum absolute atomic E-state index is 15.9. The molecule has 0 radical (unpaired) electrons. The SMILES string of the molecule is CCCC[C@H]1C(=O)N(C)[C@@H](CCCC)C(=O)N[C@@H](CC(C)C)C(=O)N[C@H](C(=O)NCC(N)=O)CSCC(=O)N[C@@H](Cc2ccc(O)cc2)C(=O)N2CCCC[C@H]2C(=O)N[C@@H](CC(N)=O)C(=O)N2CCC[C@H]2C(=O)N[C@@H](CO)C(=O)N[C@@H](CCC(N)=O)C(=O)N2C[C@H](O)C[C@H]2C(=O)N[C@@H](Cc2c[nH]c3ccccc23)C(=O)N[C@@H](CO)C(=O)N[C@@H](Cc2cn(CC(=O)O)c3ccccc23)C(=O)N1C. The Kier molecular flexibility index (Phi) is 39.4. The maximum atomic E-state index is 15.9. The van der Waals surface area contributed by atoms with Crippen molar-refractivity contribution in [1.29, 1.82) is 0 Å². The number of thioether (sulfide) groups is 1. The number of carbonyl (C=O) groups excluding carboxylic acids is 18. The predicted octanol–water partition coefficient (Wildman–Crippen LogP) is -3.81.